The Morgan fingerprint density at radius 3 is 2.18 bits per heavy atom. The van der Waals surface area contributed by atoms with E-state index < -0.39 is 22.4 Å². The van der Waals surface area contributed by atoms with Crippen LogP contribution >= 0.6 is 31.9 Å². The third-order valence-corrected chi connectivity index (χ3v) is 3.30. The number of halogens is 5. The normalized spacial score (nSPS) is 11.6. The van der Waals surface area contributed by atoms with Crippen molar-refractivity contribution in [3.63, 3.8) is 0 Å². The molecule has 94 valence electrons. The van der Waals surface area contributed by atoms with Gasteiger partial charge in [-0.05, 0) is 5.56 Å². The first kappa shape index (κ1) is 14.4. The fourth-order valence-electron chi connectivity index (χ4n) is 1.46. The fraction of sp³-hybridized carbons (Fsp3) is 0.333. The Morgan fingerprint density at radius 1 is 1.24 bits per heavy atom. The number of nitrogens with zero attached hydrogens (tertiary/aromatic N) is 1. The topological polar surface area (TPSA) is 43.1 Å². The molecule has 1 aromatic carbocycles. The molecule has 0 aliphatic rings. The smallest absolute Gasteiger partial charge is 0.258 e. The van der Waals surface area contributed by atoms with Crippen LogP contribution in [0.4, 0.5) is 18.9 Å². The van der Waals surface area contributed by atoms with Gasteiger partial charge in [0.15, 0.2) is 0 Å². The van der Waals surface area contributed by atoms with Gasteiger partial charge >= 0.3 is 6.18 Å². The predicted molar refractivity (Wildman–Crippen MR) is 63.4 cm³/mol. The Balaban J connectivity index is 3.61. The lowest BCUT2D eigenvalue weighted by atomic mass is 10.0. The standard InChI is InChI=1S/C9H6Br2F3NO2/c10-3-5-1-2-7(15(16)17)6(4-11)8(5)9(12,13)14/h1-2H,3-4H2. The molecule has 1 aromatic rings. The van der Waals surface area contributed by atoms with Crippen LogP contribution in [0.15, 0.2) is 12.1 Å². The van der Waals surface area contributed by atoms with Crippen molar-refractivity contribution < 1.29 is 18.1 Å². The zero-order valence-corrected chi connectivity index (χ0v) is 11.4. The molecule has 1 rings (SSSR count). The van der Waals surface area contributed by atoms with E-state index in [4.69, 9.17) is 0 Å². The van der Waals surface area contributed by atoms with Crippen molar-refractivity contribution in [1.29, 1.82) is 0 Å². The third-order valence-electron chi connectivity index (χ3n) is 2.13. The second kappa shape index (κ2) is 5.34. The second-order valence-corrected chi connectivity index (χ2v) is 4.24. The number of alkyl halides is 5. The molecule has 0 aromatic heterocycles. The van der Waals surface area contributed by atoms with E-state index in [9.17, 15) is 23.3 Å². The molecule has 0 aliphatic carbocycles. The summed E-state index contributed by atoms with van der Waals surface area (Å²) in [5.41, 5.74) is -1.84. The summed E-state index contributed by atoms with van der Waals surface area (Å²) in [6.07, 6.45) is -4.61. The van der Waals surface area contributed by atoms with Crippen molar-refractivity contribution in [2.75, 3.05) is 0 Å². The first-order valence-electron chi connectivity index (χ1n) is 4.31. The Kier molecular flexibility index (Phi) is 4.54. The molecule has 0 fully saturated rings. The van der Waals surface area contributed by atoms with Crippen LogP contribution in [0.1, 0.15) is 16.7 Å². The summed E-state index contributed by atoms with van der Waals surface area (Å²) in [6.45, 7) is 0. The van der Waals surface area contributed by atoms with Crippen LogP contribution in [-0.4, -0.2) is 4.92 Å². The average molecular weight is 377 g/mol. The molecule has 0 unspecified atom stereocenters. The molecule has 8 heteroatoms. The molecular weight excluding hydrogens is 371 g/mol. The lowest BCUT2D eigenvalue weighted by Gasteiger charge is -2.15. The minimum Gasteiger partial charge on any atom is -0.258 e. The molecular formula is C9H6Br2F3NO2. The Morgan fingerprint density at radius 2 is 1.82 bits per heavy atom. The molecule has 0 heterocycles. The number of nitro groups is 1. The number of rotatable bonds is 3. The summed E-state index contributed by atoms with van der Waals surface area (Å²) >= 11 is 5.80. The minimum absolute atomic E-state index is 0.0140. The molecule has 0 aliphatic heterocycles. The monoisotopic (exact) mass is 375 g/mol. The van der Waals surface area contributed by atoms with Crippen molar-refractivity contribution in [3.8, 4) is 0 Å². The Labute approximate surface area is 111 Å². The van der Waals surface area contributed by atoms with E-state index in [0.29, 0.717) is 0 Å². The summed E-state index contributed by atoms with van der Waals surface area (Å²) in [5.74, 6) is 0. The molecule has 3 nitrogen and oxygen atoms in total. The highest BCUT2D eigenvalue weighted by molar-refractivity contribution is 9.08. The summed E-state index contributed by atoms with van der Waals surface area (Å²) in [5, 5.41) is 10.4. The van der Waals surface area contributed by atoms with Crippen molar-refractivity contribution in [3.05, 3.63) is 38.9 Å². The van der Waals surface area contributed by atoms with Gasteiger partial charge in [0.25, 0.3) is 5.69 Å². The number of hydrogen-bond donors (Lipinski definition) is 0. The first-order chi connectivity index (χ1) is 7.82. The number of nitro benzene ring substituents is 1. The van der Waals surface area contributed by atoms with Crippen LogP contribution in [-0.2, 0) is 16.8 Å². The largest absolute Gasteiger partial charge is 0.417 e. The van der Waals surface area contributed by atoms with E-state index in [0.717, 1.165) is 12.1 Å². The van der Waals surface area contributed by atoms with E-state index in [2.05, 4.69) is 31.9 Å². The van der Waals surface area contributed by atoms with Crippen LogP contribution in [0.2, 0.25) is 0 Å². The van der Waals surface area contributed by atoms with E-state index in [1.165, 1.54) is 0 Å². The molecule has 0 amide bonds. The van der Waals surface area contributed by atoms with Gasteiger partial charge in [0, 0.05) is 16.7 Å². The van der Waals surface area contributed by atoms with Crippen molar-refractivity contribution in [1.82, 2.24) is 0 Å². The Bertz CT molecular complexity index is 449. The van der Waals surface area contributed by atoms with Gasteiger partial charge in [-0.1, -0.05) is 37.9 Å². The first-order valence-corrected chi connectivity index (χ1v) is 6.55. The molecule has 0 N–H and O–H groups in total. The maximum atomic E-state index is 12.9. The molecule has 0 bridgehead atoms. The minimum atomic E-state index is -4.61. The summed E-state index contributed by atoms with van der Waals surface area (Å²) < 4.78 is 38.6. The fourth-order valence-corrected chi connectivity index (χ4v) is 2.49. The zero-order valence-electron chi connectivity index (χ0n) is 8.22. The van der Waals surface area contributed by atoms with Gasteiger partial charge in [-0.15, -0.1) is 0 Å². The van der Waals surface area contributed by atoms with Gasteiger partial charge in [-0.2, -0.15) is 13.2 Å². The lowest BCUT2D eigenvalue weighted by Crippen LogP contribution is -2.13. The van der Waals surface area contributed by atoms with Gasteiger partial charge in [0.05, 0.1) is 16.1 Å². The van der Waals surface area contributed by atoms with Crippen LogP contribution in [0.5, 0.6) is 0 Å². The van der Waals surface area contributed by atoms with Crippen LogP contribution in [0.3, 0.4) is 0 Å². The maximum Gasteiger partial charge on any atom is 0.417 e. The number of hydrogen-bond acceptors (Lipinski definition) is 2. The third kappa shape index (κ3) is 2.98. The van der Waals surface area contributed by atoms with E-state index >= 15 is 0 Å². The predicted octanol–water partition coefficient (Wildman–Crippen LogP) is 4.40. The second-order valence-electron chi connectivity index (χ2n) is 3.12. The van der Waals surface area contributed by atoms with Crippen molar-refractivity contribution in [2.45, 2.75) is 16.8 Å². The van der Waals surface area contributed by atoms with Crippen LogP contribution < -0.4 is 0 Å². The summed E-state index contributed by atoms with van der Waals surface area (Å²) in [7, 11) is 0. The number of benzene rings is 1. The van der Waals surface area contributed by atoms with Crippen molar-refractivity contribution >= 4 is 37.5 Å². The van der Waals surface area contributed by atoms with E-state index in [1.54, 1.807) is 0 Å². The van der Waals surface area contributed by atoms with E-state index in [1.807, 2.05) is 0 Å². The highest BCUT2D eigenvalue weighted by Crippen LogP contribution is 2.40. The molecule has 17 heavy (non-hydrogen) atoms. The SMILES string of the molecule is O=[N+]([O-])c1ccc(CBr)c(C(F)(F)F)c1CBr. The molecule has 0 atom stereocenters. The van der Waals surface area contributed by atoms with Crippen LogP contribution in [0, 0.1) is 10.1 Å². The Hall–Kier alpha value is -0.630. The molecule has 0 saturated carbocycles. The van der Waals surface area contributed by atoms with E-state index in [-0.39, 0.29) is 21.8 Å². The lowest BCUT2D eigenvalue weighted by molar-refractivity contribution is -0.385. The van der Waals surface area contributed by atoms with Gasteiger partial charge in [-0.25, -0.2) is 0 Å². The van der Waals surface area contributed by atoms with Gasteiger partial charge in [0.2, 0.25) is 0 Å². The van der Waals surface area contributed by atoms with Crippen molar-refractivity contribution in [2.24, 2.45) is 0 Å². The highest BCUT2D eigenvalue weighted by atomic mass is 79.9. The van der Waals surface area contributed by atoms with Crippen LogP contribution in [0.25, 0.3) is 0 Å². The zero-order chi connectivity index (χ0) is 13.2. The van der Waals surface area contributed by atoms with Gasteiger partial charge in [-0.3, -0.25) is 10.1 Å². The highest BCUT2D eigenvalue weighted by Gasteiger charge is 2.38. The van der Waals surface area contributed by atoms with Gasteiger partial charge < -0.3 is 0 Å². The molecule has 0 radical (unpaired) electrons. The van der Waals surface area contributed by atoms with Gasteiger partial charge in [0.1, 0.15) is 0 Å². The summed E-state index contributed by atoms with van der Waals surface area (Å²) in [6, 6.07) is 2.20. The molecule has 0 spiro atoms. The average Bonchev–Trinajstić information content (AvgIpc) is 2.25. The maximum absolute atomic E-state index is 12.9. The quantitative estimate of drug-likeness (QED) is 0.445. The summed E-state index contributed by atoms with van der Waals surface area (Å²) in [4.78, 5) is 9.85. The molecule has 0 saturated heterocycles.